The first-order chi connectivity index (χ1) is 18.6. The van der Waals surface area contributed by atoms with Crippen LogP contribution in [0.1, 0.15) is 83.9 Å². The zero-order valence-electron chi connectivity index (χ0n) is 22.0. The van der Waals surface area contributed by atoms with Gasteiger partial charge in [-0.25, -0.2) is 0 Å². The number of thiazole rings is 1. The van der Waals surface area contributed by atoms with Gasteiger partial charge in [0.2, 0.25) is 12.3 Å². The lowest BCUT2D eigenvalue weighted by Gasteiger charge is -2.48. The van der Waals surface area contributed by atoms with Crippen LogP contribution in [-0.2, 0) is 10.7 Å². The monoisotopic (exact) mass is 555 g/mol. The third-order valence-electron chi connectivity index (χ3n) is 8.34. The number of rotatable bonds is 6. The molecule has 4 fully saturated rings. The zero-order chi connectivity index (χ0) is 27.4. The van der Waals surface area contributed by atoms with Gasteiger partial charge in [-0.1, -0.05) is 38.1 Å². The van der Waals surface area contributed by atoms with Crippen molar-refractivity contribution >= 4 is 23.7 Å². The second kappa shape index (κ2) is 9.46. The van der Waals surface area contributed by atoms with E-state index < -0.39 is 23.1 Å². The molecule has 0 radical (unpaired) electrons. The van der Waals surface area contributed by atoms with Crippen molar-refractivity contribution in [2.24, 2.45) is 10.8 Å². The summed E-state index contributed by atoms with van der Waals surface area (Å²) in [7, 11) is 0. The molecule has 2 amide bonds. The largest absolute Gasteiger partial charge is 0.419 e. The van der Waals surface area contributed by atoms with Gasteiger partial charge in [0.05, 0.1) is 17.6 Å². The Labute approximate surface area is 229 Å². The molecule has 1 unspecified atom stereocenters. The second-order valence-electron chi connectivity index (χ2n) is 12.1. The highest BCUT2D eigenvalue weighted by Crippen LogP contribution is 2.49. The van der Waals surface area contributed by atoms with Crippen molar-refractivity contribution in [1.29, 1.82) is 0 Å². The van der Waals surface area contributed by atoms with Gasteiger partial charge in [-0.15, -0.1) is 21.5 Å². The number of likely N-dealkylation sites (tertiary alicyclic amines) is 2. The average Bonchev–Trinajstić information content (AvgIpc) is 3.63. The molecule has 8 nitrogen and oxygen atoms in total. The highest BCUT2D eigenvalue weighted by molar-refractivity contribution is 7.11. The molecule has 2 aromatic heterocycles. The fourth-order valence-corrected chi connectivity index (χ4v) is 5.94. The first-order valence-electron chi connectivity index (χ1n) is 13.3. The molecule has 1 aromatic carbocycles. The van der Waals surface area contributed by atoms with Gasteiger partial charge >= 0.3 is 5.92 Å². The van der Waals surface area contributed by atoms with Gasteiger partial charge in [0.25, 0.3) is 11.8 Å². The SMILES string of the molecule is CC1(C)CC1.O=CN1CC2(C1)CN(C(=O)c1cncs1)CC2c1nnc(C(F)(F)c2ccc(C3CC3)cc2)o1. The Balaban J connectivity index is 0.000000500. The van der Waals surface area contributed by atoms with Crippen LogP contribution in [0, 0.1) is 10.8 Å². The molecule has 1 atom stereocenters. The average molecular weight is 556 g/mol. The summed E-state index contributed by atoms with van der Waals surface area (Å²) < 4.78 is 36.0. The predicted octanol–water partition coefficient (Wildman–Crippen LogP) is 5.05. The van der Waals surface area contributed by atoms with E-state index in [4.69, 9.17) is 4.42 Å². The van der Waals surface area contributed by atoms with Crippen molar-refractivity contribution in [2.45, 2.75) is 57.3 Å². The number of carbonyl (C=O) groups is 2. The van der Waals surface area contributed by atoms with E-state index >= 15 is 8.78 Å². The smallest absolute Gasteiger partial charge is 0.349 e. The first-order valence-corrected chi connectivity index (χ1v) is 14.2. The molecule has 2 aliphatic carbocycles. The van der Waals surface area contributed by atoms with Crippen molar-refractivity contribution in [3.8, 4) is 0 Å². The third-order valence-corrected chi connectivity index (χ3v) is 9.10. The molecule has 3 aromatic rings. The van der Waals surface area contributed by atoms with Crippen LogP contribution < -0.4 is 0 Å². The fourth-order valence-electron chi connectivity index (χ4n) is 5.36. The topological polar surface area (TPSA) is 92.4 Å². The van der Waals surface area contributed by atoms with Gasteiger partial charge in [-0.3, -0.25) is 14.6 Å². The molecule has 7 rings (SSSR count). The fraction of sp³-hybridized carbons (Fsp3) is 0.536. The highest BCUT2D eigenvalue weighted by Gasteiger charge is 2.58. The summed E-state index contributed by atoms with van der Waals surface area (Å²) in [5.41, 5.74) is 2.68. The Hall–Kier alpha value is -3.21. The molecule has 2 saturated heterocycles. The number of carbonyl (C=O) groups excluding carboxylic acids is 2. The lowest BCUT2D eigenvalue weighted by Crippen LogP contribution is -2.59. The summed E-state index contributed by atoms with van der Waals surface area (Å²) in [4.78, 5) is 31.8. The molecule has 11 heteroatoms. The number of benzene rings is 1. The van der Waals surface area contributed by atoms with Gasteiger partial charge in [0.1, 0.15) is 4.88 Å². The van der Waals surface area contributed by atoms with Crippen LogP contribution in [0.25, 0.3) is 0 Å². The lowest BCUT2D eigenvalue weighted by atomic mass is 9.72. The van der Waals surface area contributed by atoms with Gasteiger partial charge in [-0.2, -0.15) is 8.78 Å². The van der Waals surface area contributed by atoms with Crippen LogP contribution in [-0.4, -0.2) is 63.5 Å². The van der Waals surface area contributed by atoms with E-state index in [1.54, 1.807) is 27.4 Å². The Morgan fingerprint density at radius 1 is 1.13 bits per heavy atom. The summed E-state index contributed by atoms with van der Waals surface area (Å²) in [5.74, 6) is -4.30. The van der Waals surface area contributed by atoms with Crippen LogP contribution in [0.5, 0.6) is 0 Å². The molecule has 0 bridgehead atoms. The summed E-state index contributed by atoms with van der Waals surface area (Å²) in [6.07, 6.45) is 7.34. The summed E-state index contributed by atoms with van der Waals surface area (Å²) in [6, 6.07) is 6.29. The number of halogens is 2. The molecule has 4 aliphatic rings. The van der Waals surface area contributed by atoms with E-state index in [2.05, 4.69) is 29.0 Å². The minimum absolute atomic E-state index is 0.0643. The molecular weight excluding hydrogens is 524 g/mol. The summed E-state index contributed by atoms with van der Waals surface area (Å²) in [5, 5.41) is 7.68. The standard InChI is InChI=1S/C23H21F2N5O3S.C5H10/c24-23(25,16-5-3-15(4-6-16)14-1-2-14)21-28-27-19(33-21)17-8-30(20(32)18-7-26-12-34-18)11-22(17)9-29(10-22)13-31;1-5(2)3-4-5/h3-7,12-14,17H,1-2,8-11H2;3-4H2,1-2H3. The van der Waals surface area contributed by atoms with Crippen LogP contribution >= 0.6 is 11.3 Å². The third kappa shape index (κ3) is 5.08. The van der Waals surface area contributed by atoms with Crippen LogP contribution in [0.3, 0.4) is 0 Å². The highest BCUT2D eigenvalue weighted by atomic mass is 32.1. The summed E-state index contributed by atoms with van der Waals surface area (Å²) >= 11 is 1.24. The number of amides is 2. The molecule has 206 valence electrons. The molecule has 2 aliphatic heterocycles. The predicted molar refractivity (Wildman–Crippen MR) is 140 cm³/mol. The molecule has 39 heavy (non-hydrogen) atoms. The van der Waals surface area contributed by atoms with Gasteiger partial charge in [0, 0.05) is 37.2 Å². The minimum atomic E-state index is -3.44. The number of hydrogen-bond acceptors (Lipinski definition) is 7. The van der Waals surface area contributed by atoms with Crippen molar-refractivity contribution < 1.29 is 22.8 Å². The quantitative estimate of drug-likeness (QED) is 0.396. The molecular formula is C28H31F2N5O3S. The van der Waals surface area contributed by atoms with Crippen LogP contribution in [0.15, 0.2) is 40.4 Å². The van der Waals surface area contributed by atoms with Crippen molar-refractivity contribution in [1.82, 2.24) is 25.0 Å². The maximum absolute atomic E-state index is 15.2. The van der Waals surface area contributed by atoms with E-state index in [1.165, 1.54) is 42.5 Å². The van der Waals surface area contributed by atoms with E-state index in [1.807, 2.05) is 0 Å². The van der Waals surface area contributed by atoms with Crippen molar-refractivity contribution in [2.75, 3.05) is 26.2 Å². The molecule has 4 heterocycles. The Morgan fingerprint density at radius 2 is 1.82 bits per heavy atom. The maximum atomic E-state index is 15.2. The first kappa shape index (κ1) is 26.0. The van der Waals surface area contributed by atoms with Crippen molar-refractivity contribution in [3.63, 3.8) is 0 Å². The van der Waals surface area contributed by atoms with Gasteiger partial charge in [-0.05, 0) is 42.6 Å². The van der Waals surface area contributed by atoms with Gasteiger partial charge in [0.15, 0.2) is 0 Å². The number of hydrogen-bond donors (Lipinski definition) is 0. The summed E-state index contributed by atoms with van der Waals surface area (Å²) in [6.45, 7) is 6.00. The lowest BCUT2D eigenvalue weighted by molar-refractivity contribution is -0.129. The molecule has 0 N–H and O–H groups in total. The number of aromatic nitrogens is 3. The second-order valence-corrected chi connectivity index (χ2v) is 12.9. The molecule has 2 saturated carbocycles. The molecule has 1 spiro atoms. The Bertz CT molecular complexity index is 1340. The van der Waals surface area contributed by atoms with Crippen LogP contribution in [0.2, 0.25) is 0 Å². The number of nitrogens with zero attached hydrogens (tertiary/aromatic N) is 5. The minimum Gasteiger partial charge on any atom is -0.419 e. The Kier molecular flexibility index (Phi) is 6.32. The Morgan fingerprint density at radius 3 is 2.38 bits per heavy atom. The van der Waals surface area contributed by atoms with E-state index in [9.17, 15) is 9.59 Å². The van der Waals surface area contributed by atoms with Crippen LogP contribution in [0.4, 0.5) is 8.78 Å². The van der Waals surface area contributed by atoms with Crippen molar-refractivity contribution in [3.05, 3.63) is 63.8 Å². The van der Waals surface area contributed by atoms with Gasteiger partial charge < -0.3 is 14.2 Å². The normalized spacial score (nSPS) is 22.7. The van der Waals surface area contributed by atoms with E-state index in [0.717, 1.165) is 30.2 Å². The number of alkyl halides is 2. The maximum Gasteiger partial charge on any atom is 0.349 e. The van der Waals surface area contributed by atoms with E-state index in [-0.39, 0.29) is 23.9 Å². The van der Waals surface area contributed by atoms with E-state index in [0.29, 0.717) is 30.4 Å². The zero-order valence-corrected chi connectivity index (χ0v) is 22.8.